The smallest absolute Gasteiger partial charge is 0.164 e. The third kappa shape index (κ3) is 5.74. The standard InChI is InChI=1S/C59H35N3O2S/c1-2-12-35-31-37(24-23-34(35)11-1)57-60-58(38-26-27-44-43-15-5-7-20-50(43)63-52(44)33-38)62-59(61-57)48-30-29-42(40-13-3-4-14-41(40)48)46-18-10-21-51-55(46)49-28-25-36(32-53(49)64-51)39-17-9-19-47-45-16-6-8-22-54(45)65-56(39)47/h1-2,4-12,14-33H,3,13H2. The van der Waals surface area contributed by atoms with Crippen LogP contribution in [0.3, 0.4) is 0 Å². The second-order valence-corrected chi connectivity index (χ2v) is 18.0. The molecule has 65 heavy (non-hydrogen) atoms. The van der Waals surface area contributed by atoms with E-state index in [-0.39, 0.29) is 0 Å². The molecule has 5 nitrogen and oxygen atoms in total. The summed E-state index contributed by atoms with van der Waals surface area (Å²) >= 11 is 1.85. The van der Waals surface area contributed by atoms with Crippen molar-refractivity contribution in [2.45, 2.75) is 12.8 Å². The first-order chi connectivity index (χ1) is 32.2. The molecule has 14 rings (SSSR count). The van der Waals surface area contributed by atoms with Gasteiger partial charge in [0.1, 0.15) is 22.3 Å². The lowest BCUT2D eigenvalue weighted by atomic mass is 9.85. The molecule has 0 saturated heterocycles. The Bertz CT molecular complexity index is 4150. The van der Waals surface area contributed by atoms with Crippen molar-refractivity contribution in [2.24, 2.45) is 0 Å². The second kappa shape index (κ2) is 14.2. The van der Waals surface area contributed by atoms with Gasteiger partial charge in [-0.15, -0.1) is 11.3 Å². The summed E-state index contributed by atoms with van der Waals surface area (Å²) in [5, 5.41) is 9.28. The lowest BCUT2D eigenvalue weighted by Crippen LogP contribution is -2.05. The van der Waals surface area contributed by atoms with Gasteiger partial charge in [-0.05, 0) is 112 Å². The summed E-state index contributed by atoms with van der Waals surface area (Å²) in [4.78, 5) is 15.7. The Morgan fingerprint density at radius 1 is 0.415 bits per heavy atom. The van der Waals surface area contributed by atoms with E-state index in [1.807, 2.05) is 29.5 Å². The largest absolute Gasteiger partial charge is 0.456 e. The molecule has 0 bridgehead atoms. The van der Waals surface area contributed by atoms with Crippen molar-refractivity contribution in [1.82, 2.24) is 15.0 Å². The summed E-state index contributed by atoms with van der Waals surface area (Å²) in [7, 11) is 0. The normalized spacial score (nSPS) is 12.7. The Morgan fingerprint density at radius 3 is 2.00 bits per heavy atom. The molecular weight excluding hydrogens is 815 g/mol. The van der Waals surface area contributed by atoms with E-state index in [1.165, 1.54) is 42.2 Å². The van der Waals surface area contributed by atoms with Gasteiger partial charge in [0.2, 0.25) is 0 Å². The van der Waals surface area contributed by atoms with E-state index in [2.05, 4.69) is 170 Å². The minimum atomic E-state index is 0.593. The number of aromatic nitrogens is 3. The predicted molar refractivity (Wildman–Crippen MR) is 269 cm³/mol. The van der Waals surface area contributed by atoms with Gasteiger partial charge in [0.15, 0.2) is 17.5 Å². The minimum Gasteiger partial charge on any atom is -0.456 e. The van der Waals surface area contributed by atoms with Gasteiger partial charge in [0.05, 0.1) is 0 Å². The van der Waals surface area contributed by atoms with Crippen molar-refractivity contribution in [2.75, 3.05) is 0 Å². The van der Waals surface area contributed by atoms with E-state index < -0.39 is 0 Å². The van der Waals surface area contributed by atoms with Crippen molar-refractivity contribution in [3.05, 3.63) is 193 Å². The third-order valence-corrected chi connectivity index (χ3v) is 14.4. The van der Waals surface area contributed by atoms with Gasteiger partial charge < -0.3 is 8.83 Å². The van der Waals surface area contributed by atoms with E-state index in [0.29, 0.717) is 17.5 Å². The number of allylic oxidation sites excluding steroid dienone is 1. The molecule has 6 heteroatoms. The fourth-order valence-corrected chi connectivity index (χ4v) is 11.4. The lowest BCUT2D eigenvalue weighted by Gasteiger charge is -2.20. The first kappa shape index (κ1) is 36.3. The molecular formula is C59H35N3O2S. The fourth-order valence-electron chi connectivity index (χ4n) is 10.1. The number of thiophene rings is 1. The summed E-state index contributed by atoms with van der Waals surface area (Å²) < 4.78 is 15.7. The van der Waals surface area contributed by atoms with Gasteiger partial charge in [-0.25, -0.2) is 15.0 Å². The van der Waals surface area contributed by atoms with Crippen LogP contribution in [0.25, 0.3) is 137 Å². The highest BCUT2D eigenvalue weighted by Crippen LogP contribution is 2.45. The van der Waals surface area contributed by atoms with E-state index in [4.69, 9.17) is 23.8 Å². The maximum atomic E-state index is 6.72. The molecule has 0 N–H and O–H groups in total. The maximum absolute atomic E-state index is 6.72. The first-order valence-corrected chi connectivity index (χ1v) is 22.9. The summed E-state index contributed by atoms with van der Waals surface area (Å²) in [6.07, 6.45) is 6.36. The molecule has 1 aliphatic carbocycles. The first-order valence-electron chi connectivity index (χ1n) is 22.0. The highest BCUT2D eigenvalue weighted by molar-refractivity contribution is 7.26. The van der Waals surface area contributed by atoms with Gasteiger partial charge in [0, 0.05) is 58.4 Å². The lowest BCUT2D eigenvalue weighted by molar-refractivity contribution is 0.668. The molecule has 0 unspecified atom stereocenters. The molecule has 0 amide bonds. The average molecular weight is 850 g/mol. The van der Waals surface area contributed by atoms with Crippen LogP contribution in [0.5, 0.6) is 0 Å². The van der Waals surface area contributed by atoms with Crippen LogP contribution in [0.2, 0.25) is 0 Å². The average Bonchev–Trinajstić information content (AvgIpc) is 4.06. The highest BCUT2D eigenvalue weighted by atomic mass is 32.1. The van der Waals surface area contributed by atoms with Crippen molar-refractivity contribution < 1.29 is 8.83 Å². The van der Waals surface area contributed by atoms with Crippen LogP contribution in [0.15, 0.2) is 191 Å². The fraction of sp³-hybridized carbons (Fsp3) is 0.0339. The van der Waals surface area contributed by atoms with Crippen molar-refractivity contribution in [3.63, 3.8) is 0 Å². The Morgan fingerprint density at radius 2 is 1.06 bits per heavy atom. The van der Waals surface area contributed by atoms with Crippen molar-refractivity contribution >= 4 is 92.2 Å². The maximum Gasteiger partial charge on any atom is 0.164 e. The van der Waals surface area contributed by atoms with Crippen molar-refractivity contribution in [1.29, 1.82) is 0 Å². The SMILES string of the molecule is C1=Cc2c(-c3nc(-c4ccc5ccccc5c4)nc(-c4ccc5c(c4)oc4ccccc45)n3)ccc(-c3cccc4oc5cc(-c6cccc7c6sc6ccccc67)ccc5c34)c2CC1. The highest BCUT2D eigenvalue weighted by Gasteiger charge is 2.23. The zero-order valence-electron chi connectivity index (χ0n) is 34.9. The van der Waals surface area contributed by atoms with Gasteiger partial charge in [-0.2, -0.15) is 0 Å². The Hall–Kier alpha value is -8.19. The zero-order chi connectivity index (χ0) is 42.6. The number of nitrogens with zero attached hydrogens (tertiary/aromatic N) is 3. The van der Waals surface area contributed by atoms with Gasteiger partial charge in [-0.1, -0.05) is 133 Å². The topological polar surface area (TPSA) is 65.0 Å². The molecule has 4 aromatic heterocycles. The van der Waals surface area contributed by atoms with E-state index in [0.717, 1.165) is 95.5 Å². The number of hydrogen-bond donors (Lipinski definition) is 0. The van der Waals surface area contributed by atoms with Gasteiger partial charge in [-0.3, -0.25) is 0 Å². The molecule has 0 spiro atoms. The van der Waals surface area contributed by atoms with Crippen LogP contribution in [-0.4, -0.2) is 15.0 Å². The Balaban J connectivity index is 0.921. The molecule has 0 aliphatic heterocycles. The zero-order valence-corrected chi connectivity index (χ0v) is 35.7. The number of furan rings is 2. The van der Waals surface area contributed by atoms with Gasteiger partial charge in [0.25, 0.3) is 0 Å². The minimum absolute atomic E-state index is 0.593. The van der Waals surface area contributed by atoms with Crippen LogP contribution >= 0.6 is 11.3 Å². The molecule has 0 radical (unpaired) electrons. The van der Waals surface area contributed by atoms with E-state index in [1.54, 1.807) is 0 Å². The van der Waals surface area contributed by atoms with Gasteiger partial charge >= 0.3 is 0 Å². The summed E-state index contributed by atoms with van der Waals surface area (Å²) in [6.45, 7) is 0. The summed E-state index contributed by atoms with van der Waals surface area (Å²) in [5.74, 6) is 1.84. The summed E-state index contributed by atoms with van der Waals surface area (Å²) in [5.41, 5.74) is 13.3. The third-order valence-electron chi connectivity index (χ3n) is 13.2. The van der Waals surface area contributed by atoms with Crippen LogP contribution in [0.4, 0.5) is 0 Å². The molecule has 13 aromatic rings. The molecule has 0 saturated carbocycles. The summed E-state index contributed by atoms with van der Waals surface area (Å²) in [6, 6.07) is 62.2. The molecule has 9 aromatic carbocycles. The molecule has 4 heterocycles. The Labute approximate surface area is 376 Å². The number of fused-ring (bicyclic) bond motifs is 11. The van der Waals surface area contributed by atoms with E-state index in [9.17, 15) is 0 Å². The van der Waals surface area contributed by atoms with Crippen LogP contribution in [0, 0.1) is 0 Å². The van der Waals surface area contributed by atoms with Crippen LogP contribution < -0.4 is 0 Å². The quantitative estimate of drug-likeness (QED) is 0.173. The van der Waals surface area contributed by atoms with Crippen LogP contribution in [-0.2, 0) is 6.42 Å². The number of rotatable bonds is 5. The van der Waals surface area contributed by atoms with E-state index >= 15 is 0 Å². The van der Waals surface area contributed by atoms with Crippen molar-refractivity contribution in [3.8, 4) is 56.4 Å². The molecule has 1 aliphatic rings. The second-order valence-electron chi connectivity index (χ2n) is 16.9. The predicted octanol–water partition coefficient (Wildman–Crippen LogP) is 16.5. The molecule has 0 atom stereocenters. The molecule has 304 valence electrons. The molecule has 0 fully saturated rings. The number of hydrogen-bond acceptors (Lipinski definition) is 6. The Kier molecular flexibility index (Phi) is 7.91. The number of para-hydroxylation sites is 1. The monoisotopic (exact) mass is 849 g/mol. The number of benzene rings is 9. The van der Waals surface area contributed by atoms with Crippen LogP contribution in [0.1, 0.15) is 17.5 Å².